The number of ketones is 1. The minimum atomic E-state index is -1.35. The van der Waals surface area contributed by atoms with Crippen LogP contribution in [0.25, 0.3) is 0 Å². The summed E-state index contributed by atoms with van der Waals surface area (Å²) in [5.41, 5.74) is 2.53. The molecule has 0 aliphatic carbocycles. The van der Waals surface area contributed by atoms with E-state index in [0.717, 1.165) is 11.1 Å². The first-order valence-corrected chi connectivity index (χ1v) is 7.96. The second kappa shape index (κ2) is 6.68. The number of Topliss-reactive ketones (excluding diaryl/α,β-unsaturated/α-hetero) is 1. The standard InChI is InChI=1S/C17H18O3S/c1-12-8-9-17(13(2)10-12)21(19)11-15(18)14-6-4-5-7-16(14)20-3/h4-10H,11H2,1-3H3. The highest BCUT2D eigenvalue weighted by Crippen LogP contribution is 2.20. The number of ether oxygens (including phenoxy) is 1. The highest BCUT2D eigenvalue weighted by molar-refractivity contribution is 7.85. The van der Waals surface area contributed by atoms with Crippen LogP contribution in [0.4, 0.5) is 0 Å². The molecule has 0 saturated heterocycles. The molecule has 1 unspecified atom stereocenters. The van der Waals surface area contributed by atoms with E-state index in [4.69, 9.17) is 4.74 Å². The molecule has 0 aliphatic heterocycles. The van der Waals surface area contributed by atoms with Crippen LogP contribution in [-0.2, 0) is 10.8 Å². The molecule has 0 N–H and O–H groups in total. The molecule has 2 aromatic rings. The first kappa shape index (κ1) is 15.4. The molecule has 0 bridgehead atoms. The molecule has 3 nitrogen and oxygen atoms in total. The highest BCUT2D eigenvalue weighted by Gasteiger charge is 2.17. The second-order valence-electron chi connectivity index (χ2n) is 4.88. The summed E-state index contributed by atoms with van der Waals surface area (Å²) >= 11 is 0. The number of benzene rings is 2. The summed E-state index contributed by atoms with van der Waals surface area (Å²) in [5, 5.41) is 0. The molecule has 21 heavy (non-hydrogen) atoms. The molecule has 0 saturated carbocycles. The van der Waals surface area contributed by atoms with Gasteiger partial charge in [0.25, 0.3) is 0 Å². The molecular formula is C17H18O3S. The Morgan fingerprint density at radius 2 is 1.86 bits per heavy atom. The Balaban J connectivity index is 2.21. The molecule has 0 fully saturated rings. The van der Waals surface area contributed by atoms with Crippen LogP contribution >= 0.6 is 0 Å². The molecule has 0 aromatic heterocycles. The van der Waals surface area contributed by atoms with Crippen molar-refractivity contribution in [3.63, 3.8) is 0 Å². The van der Waals surface area contributed by atoms with Crippen LogP contribution in [0.3, 0.4) is 0 Å². The molecule has 0 radical (unpaired) electrons. The summed E-state index contributed by atoms with van der Waals surface area (Å²) in [6.45, 7) is 3.90. The normalized spacial score (nSPS) is 12.0. The maximum Gasteiger partial charge on any atom is 0.179 e. The van der Waals surface area contributed by atoms with Gasteiger partial charge in [-0.1, -0.05) is 29.8 Å². The van der Waals surface area contributed by atoms with Crippen LogP contribution in [0.1, 0.15) is 21.5 Å². The van der Waals surface area contributed by atoms with Gasteiger partial charge < -0.3 is 4.74 Å². The molecule has 0 spiro atoms. The van der Waals surface area contributed by atoms with Crippen molar-refractivity contribution in [1.29, 1.82) is 0 Å². The Morgan fingerprint density at radius 3 is 2.52 bits per heavy atom. The molecule has 2 rings (SSSR count). The third-order valence-electron chi connectivity index (χ3n) is 3.25. The first-order chi connectivity index (χ1) is 10.0. The molecule has 1 atom stereocenters. The average molecular weight is 302 g/mol. The van der Waals surface area contributed by atoms with Gasteiger partial charge in [0, 0.05) is 4.90 Å². The lowest BCUT2D eigenvalue weighted by atomic mass is 10.1. The summed E-state index contributed by atoms with van der Waals surface area (Å²) in [4.78, 5) is 13.0. The number of hydrogen-bond acceptors (Lipinski definition) is 3. The van der Waals surface area contributed by atoms with E-state index in [-0.39, 0.29) is 11.5 Å². The molecule has 110 valence electrons. The topological polar surface area (TPSA) is 43.4 Å². The number of methoxy groups -OCH3 is 1. The van der Waals surface area contributed by atoms with Gasteiger partial charge in [-0.3, -0.25) is 9.00 Å². The van der Waals surface area contributed by atoms with Crippen molar-refractivity contribution in [2.75, 3.05) is 12.9 Å². The van der Waals surface area contributed by atoms with E-state index < -0.39 is 10.8 Å². The molecule has 0 amide bonds. The van der Waals surface area contributed by atoms with Crippen molar-refractivity contribution in [2.24, 2.45) is 0 Å². The van der Waals surface area contributed by atoms with Crippen LogP contribution in [0.15, 0.2) is 47.4 Å². The van der Waals surface area contributed by atoms with Gasteiger partial charge in [0.15, 0.2) is 5.78 Å². The van der Waals surface area contributed by atoms with Gasteiger partial charge in [-0.05, 0) is 37.6 Å². The highest BCUT2D eigenvalue weighted by atomic mass is 32.2. The van der Waals surface area contributed by atoms with E-state index in [1.165, 1.54) is 7.11 Å². The summed E-state index contributed by atoms with van der Waals surface area (Å²) in [6.07, 6.45) is 0. The number of carbonyl (C=O) groups excluding carboxylic acids is 1. The predicted octanol–water partition coefficient (Wildman–Crippen LogP) is 3.30. The summed E-state index contributed by atoms with van der Waals surface area (Å²) in [6, 6.07) is 12.7. The maximum absolute atomic E-state index is 12.4. The van der Waals surface area contributed by atoms with Crippen molar-refractivity contribution < 1.29 is 13.7 Å². The van der Waals surface area contributed by atoms with Crippen molar-refractivity contribution in [2.45, 2.75) is 18.7 Å². The monoisotopic (exact) mass is 302 g/mol. The maximum atomic E-state index is 12.4. The average Bonchev–Trinajstić information content (AvgIpc) is 2.46. The van der Waals surface area contributed by atoms with Crippen molar-refractivity contribution in [1.82, 2.24) is 0 Å². The van der Waals surface area contributed by atoms with E-state index in [1.54, 1.807) is 24.3 Å². The summed E-state index contributed by atoms with van der Waals surface area (Å²) in [5.74, 6) is 0.301. The van der Waals surface area contributed by atoms with E-state index >= 15 is 0 Å². The molecule has 4 heteroatoms. The number of aryl methyl sites for hydroxylation is 2. The smallest absolute Gasteiger partial charge is 0.179 e. The van der Waals surface area contributed by atoms with Crippen LogP contribution in [0.5, 0.6) is 5.75 Å². The second-order valence-corrected chi connectivity index (χ2v) is 6.30. The van der Waals surface area contributed by atoms with E-state index in [2.05, 4.69) is 0 Å². The van der Waals surface area contributed by atoms with E-state index in [0.29, 0.717) is 16.2 Å². The number of para-hydroxylation sites is 1. The van der Waals surface area contributed by atoms with Gasteiger partial charge >= 0.3 is 0 Å². The van der Waals surface area contributed by atoms with Crippen molar-refractivity contribution in [3.8, 4) is 5.75 Å². The number of hydrogen-bond donors (Lipinski definition) is 0. The Hall–Kier alpha value is -1.94. The summed E-state index contributed by atoms with van der Waals surface area (Å²) in [7, 11) is 0.172. The fraction of sp³-hybridized carbons (Fsp3) is 0.235. The van der Waals surface area contributed by atoms with Crippen LogP contribution in [-0.4, -0.2) is 22.9 Å². The zero-order valence-corrected chi connectivity index (χ0v) is 13.2. The van der Waals surface area contributed by atoms with Gasteiger partial charge in [0.05, 0.1) is 29.2 Å². The minimum absolute atomic E-state index is 0.0374. The van der Waals surface area contributed by atoms with Crippen molar-refractivity contribution in [3.05, 3.63) is 59.2 Å². The van der Waals surface area contributed by atoms with Gasteiger partial charge in [-0.2, -0.15) is 0 Å². The lowest BCUT2D eigenvalue weighted by Crippen LogP contribution is -2.13. The fourth-order valence-corrected chi connectivity index (χ4v) is 3.39. The lowest BCUT2D eigenvalue weighted by molar-refractivity contribution is 0.101. The quantitative estimate of drug-likeness (QED) is 0.796. The predicted molar refractivity (Wildman–Crippen MR) is 84.5 cm³/mol. The number of rotatable bonds is 5. The van der Waals surface area contributed by atoms with Crippen molar-refractivity contribution >= 4 is 16.6 Å². The Morgan fingerprint density at radius 1 is 1.14 bits per heavy atom. The Bertz CT molecular complexity index is 692. The fourth-order valence-electron chi connectivity index (χ4n) is 2.20. The first-order valence-electron chi connectivity index (χ1n) is 6.64. The third kappa shape index (κ3) is 3.58. The zero-order valence-electron chi connectivity index (χ0n) is 12.4. The SMILES string of the molecule is COc1ccccc1C(=O)CS(=O)c1ccc(C)cc1C. The van der Waals surface area contributed by atoms with Gasteiger partial charge in [0.2, 0.25) is 0 Å². The molecule has 0 aliphatic rings. The summed E-state index contributed by atoms with van der Waals surface area (Å²) < 4.78 is 17.6. The third-order valence-corrected chi connectivity index (χ3v) is 4.72. The minimum Gasteiger partial charge on any atom is -0.496 e. The van der Waals surface area contributed by atoms with E-state index in [1.807, 2.05) is 32.0 Å². The molecule has 2 aromatic carbocycles. The Labute approximate surface area is 127 Å². The molecule has 0 heterocycles. The number of carbonyl (C=O) groups is 1. The van der Waals surface area contributed by atoms with Gasteiger partial charge in [-0.25, -0.2) is 0 Å². The lowest BCUT2D eigenvalue weighted by Gasteiger charge is -2.09. The van der Waals surface area contributed by atoms with E-state index in [9.17, 15) is 9.00 Å². The van der Waals surface area contributed by atoms with Crippen LogP contribution in [0.2, 0.25) is 0 Å². The van der Waals surface area contributed by atoms with Crippen LogP contribution < -0.4 is 4.74 Å². The van der Waals surface area contributed by atoms with Gasteiger partial charge in [-0.15, -0.1) is 0 Å². The Kier molecular flexibility index (Phi) is 4.91. The van der Waals surface area contributed by atoms with Gasteiger partial charge in [0.1, 0.15) is 5.75 Å². The largest absolute Gasteiger partial charge is 0.496 e. The molecular weight excluding hydrogens is 284 g/mol. The zero-order chi connectivity index (χ0) is 15.4. The van der Waals surface area contributed by atoms with Crippen LogP contribution in [0, 0.1) is 13.8 Å².